The summed E-state index contributed by atoms with van der Waals surface area (Å²) in [6.45, 7) is 7.04. The molecule has 0 bridgehead atoms. The van der Waals surface area contributed by atoms with Crippen LogP contribution in [0.5, 0.6) is 0 Å². The third kappa shape index (κ3) is 4.29. The number of carboxylic acid groups (broad SMARTS) is 1. The van der Waals surface area contributed by atoms with Crippen molar-refractivity contribution in [3.8, 4) is 0 Å². The number of fused-ring (bicyclic) bond motifs is 5. The molecule has 0 amide bonds. The number of aliphatic hydroxyl groups excluding tert-OH is 1. The van der Waals surface area contributed by atoms with E-state index in [0.29, 0.717) is 41.6 Å². The Kier molecular flexibility index (Phi) is 6.99. The molecule has 1 aromatic rings. The third-order valence-corrected chi connectivity index (χ3v) is 11.5. The molecule has 0 aromatic heterocycles. The van der Waals surface area contributed by atoms with Crippen molar-refractivity contribution in [1.29, 1.82) is 0 Å². The SMILES string of the molecule is CC(CCC(=O)O)C1CCC2C3CCC4C[C@H](O)CCC4(C)C3C[C@H](OC(=O)c3ccccc3)C12C. The summed E-state index contributed by atoms with van der Waals surface area (Å²) >= 11 is 0. The molecule has 198 valence electrons. The first-order valence-electron chi connectivity index (χ1n) is 14.3. The lowest BCUT2D eigenvalue weighted by Crippen LogP contribution is -2.59. The zero-order chi connectivity index (χ0) is 25.7. The van der Waals surface area contributed by atoms with E-state index in [2.05, 4.69) is 20.8 Å². The maximum absolute atomic E-state index is 13.4. The molecule has 4 saturated carbocycles. The molecule has 4 aliphatic carbocycles. The summed E-state index contributed by atoms with van der Waals surface area (Å²) < 4.78 is 6.49. The fourth-order valence-corrected chi connectivity index (χ4v) is 9.63. The number of hydrogen-bond acceptors (Lipinski definition) is 4. The molecule has 0 aliphatic heterocycles. The maximum atomic E-state index is 13.4. The summed E-state index contributed by atoms with van der Waals surface area (Å²) in [6.07, 6.45) is 8.88. The second-order valence-corrected chi connectivity index (χ2v) is 13.0. The molecule has 0 saturated heterocycles. The van der Waals surface area contributed by atoms with Crippen LogP contribution in [0.1, 0.15) is 95.3 Å². The molecule has 36 heavy (non-hydrogen) atoms. The molecule has 10 atom stereocenters. The quantitative estimate of drug-likeness (QED) is 0.449. The number of aliphatic hydroxyl groups is 1. The van der Waals surface area contributed by atoms with Gasteiger partial charge in [0.2, 0.25) is 0 Å². The number of carbonyl (C=O) groups is 2. The van der Waals surface area contributed by atoms with E-state index in [1.54, 1.807) is 0 Å². The van der Waals surface area contributed by atoms with E-state index in [1.165, 1.54) is 12.8 Å². The van der Waals surface area contributed by atoms with E-state index in [0.717, 1.165) is 38.5 Å². The van der Waals surface area contributed by atoms with Crippen molar-refractivity contribution >= 4 is 11.9 Å². The lowest BCUT2D eigenvalue weighted by Gasteiger charge is -2.62. The highest BCUT2D eigenvalue weighted by molar-refractivity contribution is 5.89. The lowest BCUT2D eigenvalue weighted by atomic mass is 9.43. The van der Waals surface area contributed by atoms with E-state index in [1.807, 2.05) is 30.3 Å². The fraction of sp³-hybridized carbons (Fsp3) is 0.742. The standard InChI is InChI=1S/C31H44O5/c1-19(9-14-28(33)34)24-12-13-25-23-11-10-21-17-22(32)15-16-30(21,2)26(23)18-27(31(24,25)3)36-29(35)20-7-5-4-6-8-20/h4-8,19,21-27,32H,9-18H2,1-3H3,(H,33,34)/t19?,21?,22-,23?,24?,25?,26?,27+,30?,31?/m1/s1. The van der Waals surface area contributed by atoms with Crippen molar-refractivity contribution in [2.24, 2.45) is 46.3 Å². The number of carboxylic acids is 1. The van der Waals surface area contributed by atoms with E-state index < -0.39 is 5.97 Å². The van der Waals surface area contributed by atoms with Crippen LogP contribution in [0.25, 0.3) is 0 Å². The lowest BCUT2D eigenvalue weighted by molar-refractivity contribution is -0.176. The van der Waals surface area contributed by atoms with Gasteiger partial charge >= 0.3 is 11.9 Å². The van der Waals surface area contributed by atoms with E-state index in [9.17, 15) is 19.8 Å². The largest absolute Gasteiger partial charge is 0.481 e. The molecule has 4 fully saturated rings. The number of benzene rings is 1. The van der Waals surface area contributed by atoms with Crippen LogP contribution >= 0.6 is 0 Å². The number of rotatable bonds is 6. The van der Waals surface area contributed by atoms with Gasteiger partial charge in [0.05, 0.1) is 11.7 Å². The van der Waals surface area contributed by atoms with Crippen molar-refractivity contribution in [3.63, 3.8) is 0 Å². The molecular formula is C31H44O5. The second-order valence-electron chi connectivity index (χ2n) is 13.0. The van der Waals surface area contributed by atoms with Crippen LogP contribution in [0.15, 0.2) is 30.3 Å². The van der Waals surface area contributed by atoms with Gasteiger partial charge in [-0.15, -0.1) is 0 Å². The van der Waals surface area contributed by atoms with Crippen LogP contribution in [0.2, 0.25) is 0 Å². The highest BCUT2D eigenvalue weighted by Crippen LogP contribution is 2.69. The molecule has 0 spiro atoms. The van der Waals surface area contributed by atoms with Gasteiger partial charge in [-0.05, 0) is 111 Å². The Labute approximate surface area is 216 Å². The highest BCUT2D eigenvalue weighted by Gasteiger charge is 2.65. The van der Waals surface area contributed by atoms with E-state index in [-0.39, 0.29) is 41.3 Å². The minimum absolute atomic E-state index is 0.138. The molecular weight excluding hydrogens is 452 g/mol. The fourth-order valence-electron chi connectivity index (χ4n) is 9.63. The number of esters is 1. The van der Waals surface area contributed by atoms with Gasteiger partial charge in [-0.1, -0.05) is 39.0 Å². The molecule has 0 heterocycles. The first-order valence-corrected chi connectivity index (χ1v) is 14.3. The molecule has 0 radical (unpaired) electrons. The molecule has 8 unspecified atom stereocenters. The van der Waals surface area contributed by atoms with Gasteiger partial charge < -0.3 is 14.9 Å². The Morgan fingerprint density at radius 2 is 1.78 bits per heavy atom. The molecule has 4 aliphatic rings. The number of aliphatic carboxylic acids is 1. The van der Waals surface area contributed by atoms with Gasteiger partial charge in [0.25, 0.3) is 0 Å². The third-order valence-electron chi connectivity index (χ3n) is 11.5. The van der Waals surface area contributed by atoms with Gasteiger partial charge in [-0.3, -0.25) is 4.79 Å². The van der Waals surface area contributed by atoms with Crippen molar-refractivity contribution in [1.82, 2.24) is 0 Å². The average molecular weight is 497 g/mol. The minimum atomic E-state index is -0.733. The molecule has 5 nitrogen and oxygen atoms in total. The predicted molar refractivity (Wildman–Crippen MR) is 138 cm³/mol. The Bertz CT molecular complexity index is 961. The number of carbonyl (C=O) groups excluding carboxylic acids is 1. The Hall–Kier alpha value is -1.88. The molecule has 5 rings (SSSR count). The minimum Gasteiger partial charge on any atom is -0.481 e. The first-order chi connectivity index (χ1) is 17.1. The van der Waals surface area contributed by atoms with Gasteiger partial charge in [-0.25, -0.2) is 4.79 Å². The van der Waals surface area contributed by atoms with Gasteiger partial charge in [0.15, 0.2) is 0 Å². The predicted octanol–water partition coefficient (Wildman–Crippen LogP) is 6.34. The number of ether oxygens (including phenoxy) is 1. The summed E-state index contributed by atoms with van der Waals surface area (Å²) in [6, 6.07) is 9.33. The Morgan fingerprint density at radius 1 is 1.03 bits per heavy atom. The normalized spacial score (nSPS) is 42.5. The molecule has 2 N–H and O–H groups in total. The Morgan fingerprint density at radius 3 is 2.50 bits per heavy atom. The zero-order valence-corrected chi connectivity index (χ0v) is 22.2. The molecule has 5 heteroatoms. The van der Waals surface area contributed by atoms with Crippen LogP contribution in [0.4, 0.5) is 0 Å². The summed E-state index contributed by atoms with van der Waals surface area (Å²) in [7, 11) is 0. The van der Waals surface area contributed by atoms with Crippen molar-refractivity contribution in [2.45, 2.75) is 97.2 Å². The van der Waals surface area contributed by atoms with E-state index >= 15 is 0 Å². The zero-order valence-electron chi connectivity index (χ0n) is 22.2. The topological polar surface area (TPSA) is 83.8 Å². The highest BCUT2D eigenvalue weighted by atomic mass is 16.5. The Balaban J connectivity index is 1.48. The average Bonchev–Trinajstić information content (AvgIpc) is 3.22. The summed E-state index contributed by atoms with van der Waals surface area (Å²) in [4.78, 5) is 24.7. The second kappa shape index (κ2) is 9.78. The van der Waals surface area contributed by atoms with E-state index in [4.69, 9.17) is 4.74 Å². The smallest absolute Gasteiger partial charge is 0.338 e. The number of hydrogen-bond donors (Lipinski definition) is 2. The van der Waals surface area contributed by atoms with Gasteiger partial charge in [0, 0.05) is 11.8 Å². The van der Waals surface area contributed by atoms with Crippen LogP contribution in [-0.2, 0) is 9.53 Å². The van der Waals surface area contributed by atoms with Crippen LogP contribution in [-0.4, -0.2) is 34.4 Å². The van der Waals surface area contributed by atoms with Crippen LogP contribution in [0.3, 0.4) is 0 Å². The van der Waals surface area contributed by atoms with Crippen molar-refractivity contribution in [3.05, 3.63) is 35.9 Å². The van der Waals surface area contributed by atoms with Crippen molar-refractivity contribution in [2.75, 3.05) is 0 Å². The molecule has 1 aromatic carbocycles. The van der Waals surface area contributed by atoms with Gasteiger partial charge in [-0.2, -0.15) is 0 Å². The monoisotopic (exact) mass is 496 g/mol. The van der Waals surface area contributed by atoms with Crippen LogP contribution in [0, 0.1) is 46.3 Å². The summed E-state index contributed by atoms with van der Waals surface area (Å²) in [5, 5.41) is 19.7. The summed E-state index contributed by atoms with van der Waals surface area (Å²) in [5.74, 6) is 1.83. The van der Waals surface area contributed by atoms with Crippen LogP contribution < -0.4 is 0 Å². The first kappa shape index (κ1) is 25.8. The van der Waals surface area contributed by atoms with Crippen molar-refractivity contribution < 1.29 is 24.5 Å². The summed E-state index contributed by atoms with van der Waals surface area (Å²) in [5.41, 5.74) is 0.649. The van der Waals surface area contributed by atoms with Gasteiger partial charge in [0.1, 0.15) is 6.10 Å². The maximum Gasteiger partial charge on any atom is 0.338 e.